The van der Waals surface area contributed by atoms with Gasteiger partial charge in [0.1, 0.15) is 0 Å². The molecule has 1 aliphatic rings. The van der Waals surface area contributed by atoms with Gasteiger partial charge >= 0.3 is 0 Å². The number of carbonyl (C=O) groups is 1. The second-order valence-corrected chi connectivity index (χ2v) is 5.90. The fourth-order valence-electron chi connectivity index (χ4n) is 2.73. The Morgan fingerprint density at radius 3 is 2.89 bits per heavy atom. The zero-order valence-electron chi connectivity index (χ0n) is 11.4. The number of hydrogen-bond acceptors (Lipinski definition) is 3. The molecule has 1 aromatic heterocycles. The fraction of sp³-hybridized carbons (Fsp3) is 0.643. The number of thiophene rings is 1. The van der Waals surface area contributed by atoms with Gasteiger partial charge in [-0.25, -0.2) is 0 Å². The molecule has 1 aromatic rings. The van der Waals surface area contributed by atoms with E-state index in [-0.39, 0.29) is 24.4 Å². The summed E-state index contributed by atoms with van der Waals surface area (Å²) in [6.45, 7) is 2.76. The van der Waals surface area contributed by atoms with Crippen molar-refractivity contribution >= 4 is 29.7 Å². The first-order valence-corrected chi connectivity index (χ1v) is 7.71. The van der Waals surface area contributed by atoms with E-state index in [1.807, 2.05) is 11.4 Å². The van der Waals surface area contributed by atoms with E-state index in [4.69, 9.17) is 5.73 Å². The van der Waals surface area contributed by atoms with Gasteiger partial charge < -0.3 is 11.1 Å². The minimum Gasteiger partial charge on any atom is -0.348 e. The van der Waals surface area contributed by atoms with E-state index in [2.05, 4.69) is 12.2 Å². The van der Waals surface area contributed by atoms with E-state index in [0.29, 0.717) is 12.5 Å². The van der Waals surface area contributed by atoms with Crippen LogP contribution < -0.4 is 11.1 Å². The molecule has 0 aliphatic heterocycles. The van der Waals surface area contributed by atoms with Crippen molar-refractivity contribution in [2.24, 2.45) is 11.7 Å². The highest BCUT2D eigenvalue weighted by Gasteiger charge is 2.26. The lowest BCUT2D eigenvalue weighted by atomic mass is 9.84. The van der Waals surface area contributed by atoms with Gasteiger partial charge in [0.15, 0.2) is 0 Å². The Balaban J connectivity index is 0.00000180. The Bertz CT molecular complexity index is 408. The molecule has 2 rings (SSSR count). The standard InChI is InChI=1S/C14H22N2OS.ClH/c1-2-10-7-8-18-13(10)14(17)16-12-6-4-3-5-11(12)9-15;/h7-8,11-12H,2-6,9,15H2,1H3,(H,16,17);1H. The third-order valence-electron chi connectivity index (χ3n) is 3.86. The van der Waals surface area contributed by atoms with E-state index in [0.717, 1.165) is 29.7 Å². The van der Waals surface area contributed by atoms with Gasteiger partial charge in [0.2, 0.25) is 0 Å². The minimum absolute atomic E-state index is 0. The molecule has 1 saturated carbocycles. The van der Waals surface area contributed by atoms with Crippen LogP contribution in [0.3, 0.4) is 0 Å². The summed E-state index contributed by atoms with van der Waals surface area (Å²) >= 11 is 1.54. The highest BCUT2D eigenvalue weighted by atomic mass is 35.5. The third-order valence-corrected chi connectivity index (χ3v) is 4.82. The smallest absolute Gasteiger partial charge is 0.261 e. The van der Waals surface area contributed by atoms with E-state index in [1.54, 1.807) is 0 Å². The van der Waals surface area contributed by atoms with Crippen LogP contribution in [0, 0.1) is 5.92 Å². The number of hydrogen-bond donors (Lipinski definition) is 2. The van der Waals surface area contributed by atoms with Crippen LogP contribution in [0.1, 0.15) is 47.8 Å². The summed E-state index contributed by atoms with van der Waals surface area (Å²) in [6, 6.07) is 2.31. The Kier molecular flexibility index (Phi) is 6.83. The monoisotopic (exact) mass is 302 g/mol. The molecular weight excluding hydrogens is 280 g/mol. The molecule has 3 N–H and O–H groups in total. The van der Waals surface area contributed by atoms with Crippen LogP contribution in [0.5, 0.6) is 0 Å². The second kappa shape index (κ2) is 7.88. The molecule has 0 spiro atoms. The molecular formula is C14H23ClN2OS. The first-order valence-electron chi connectivity index (χ1n) is 6.83. The molecule has 3 nitrogen and oxygen atoms in total. The molecule has 0 aromatic carbocycles. The largest absolute Gasteiger partial charge is 0.348 e. The van der Waals surface area contributed by atoms with Gasteiger partial charge in [0, 0.05) is 6.04 Å². The molecule has 2 unspecified atom stereocenters. The minimum atomic E-state index is 0. The quantitative estimate of drug-likeness (QED) is 0.898. The molecule has 1 amide bonds. The molecule has 0 radical (unpaired) electrons. The van der Waals surface area contributed by atoms with Gasteiger partial charge in [-0.2, -0.15) is 0 Å². The summed E-state index contributed by atoms with van der Waals surface area (Å²) in [5, 5.41) is 5.18. The topological polar surface area (TPSA) is 55.1 Å². The lowest BCUT2D eigenvalue weighted by Gasteiger charge is -2.31. The van der Waals surface area contributed by atoms with Crippen LogP contribution in [0.4, 0.5) is 0 Å². The summed E-state index contributed by atoms with van der Waals surface area (Å²) in [5.74, 6) is 0.542. The maximum atomic E-state index is 12.3. The van der Waals surface area contributed by atoms with Crippen molar-refractivity contribution in [3.8, 4) is 0 Å². The maximum absolute atomic E-state index is 12.3. The molecule has 0 saturated heterocycles. The van der Waals surface area contributed by atoms with E-state index in [1.165, 1.54) is 24.2 Å². The Labute approximate surface area is 125 Å². The van der Waals surface area contributed by atoms with Crippen molar-refractivity contribution in [3.63, 3.8) is 0 Å². The van der Waals surface area contributed by atoms with Crippen LogP contribution in [0.25, 0.3) is 0 Å². The number of nitrogens with one attached hydrogen (secondary N) is 1. The van der Waals surface area contributed by atoms with Gasteiger partial charge in [0.25, 0.3) is 5.91 Å². The van der Waals surface area contributed by atoms with Crippen LogP contribution in [-0.2, 0) is 6.42 Å². The first-order chi connectivity index (χ1) is 8.76. The highest BCUT2D eigenvalue weighted by Crippen LogP contribution is 2.25. The van der Waals surface area contributed by atoms with E-state index < -0.39 is 0 Å². The fourth-order valence-corrected chi connectivity index (χ4v) is 3.63. The van der Waals surface area contributed by atoms with E-state index >= 15 is 0 Å². The van der Waals surface area contributed by atoms with Gasteiger partial charge in [-0.1, -0.05) is 19.8 Å². The predicted molar refractivity (Wildman–Crippen MR) is 83.2 cm³/mol. The van der Waals surface area contributed by atoms with Crippen molar-refractivity contribution in [2.45, 2.75) is 45.1 Å². The number of halogens is 1. The van der Waals surface area contributed by atoms with Gasteiger partial charge in [0.05, 0.1) is 4.88 Å². The number of carbonyl (C=O) groups excluding carboxylic acids is 1. The molecule has 1 aliphatic carbocycles. The lowest BCUT2D eigenvalue weighted by Crippen LogP contribution is -2.44. The summed E-state index contributed by atoms with van der Waals surface area (Å²) in [6.07, 6.45) is 5.57. The summed E-state index contributed by atoms with van der Waals surface area (Å²) in [5.41, 5.74) is 6.95. The molecule has 1 heterocycles. The van der Waals surface area contributed by atoms with Crippen molar-refractivity contribution < 1.29 is 4.79 Å². The molecule has 19 heavy (non-hydrogen) atoms. The number of amides is 1. The maximum Gasteiger partial charge on any atom is 0.261 e. The van der Waals surface area contributed by atoms with Gasteiger partial charge in [-0.05, 0) is 48.7 Å². The average molecular weight is 303 g/mol. The average Bonchev–Trinajstić information content (AvgIpc) is 2.87. The lowest BCUT2D eigenvalue weighted by molar-refractivity contribution is 0.0911. The molecule has 1 fully saturated rings. The van der Waals surface area contributed by atoms with Crippen LogP contribution in [0.2, 0.25) is 0 Å². The van der Waals surface area contributed by atoms with E-state index in [9.17, 15) is 4.79 Å². The third kappa shape index (κ3) is 3.94. The first kappa shape index (κ1) is 16.5. The predicted octanol–water partition coefficient (Wildman–Crippen LogP) is 2.98. The van der Waals surface area contributed by atoms with Crippen molar-refractivity contribution in [2.75, 3.05) is 6.54 Å². The van der Waals surface area contributed by atoms with Crippen molar-refractivity contribution in [1.82, 2.24) is 5.32 Å². The van der Waals surface area contributed by atoms with Crippen LogP contribution in [0.15, 0.2) is 11.4 Å². The Hall–Kier alpha value is -0.580. The molecule has 0 bridgehead atoms. The molecule has 2 atom stereocenters. The molecule has 108 valence electrons. The van der Waals surface area contributed by atoms with Crippen LogP contribution in [-0.4, -0.2) is 18.5 Å². The summed E-state index contributed by atoms with van der Waals surface area (Å²) in [7, 11) is 0. The normalized spacial score (nSPS) is 22.6. The summed E-state index contributed by atoms with van der Waals surface area (Å²) < 4.78 is 0. The summed E-state index contributed by atoms with van der Waals surface area (Å²) in [4.78, 5) is 13.1. The van der Waals surface area contributed by atoms with Gasteiger partial charge in [-0.15, -0.1) is 23.7 Å². The second-order valence-electron chi connectivity index (χ2n) is 4.99. The zero-order chi connectivity index (χ0) is 13.0. The highest BCUT2D eigenvalue weighted by molar-refractivity contribution is 7.12. The van der Waals surface area contributed by atoms with Crippen molar-refractivity contribution in [1.29, 1.82) is 0 Å². The number of rotatable bonds is 4. The molecule has 5 heteroatoms. The number of nitrogens with two attached hydrogens (primary N) is 1. The SMILES string of the molecule is CCc1ccsc1C(=O)NC1CCCCC1CN.Cl. The van der Waals surface area contributed by atoms with Crippen molar-refractivity contribution in [3.05, 3.63) is 21.9 Å². The van der Waals surface area contributed by atoms with Gasteiger partial charge in [-0.3, -0.25) is 4.79 Å². The Morgan fingerprint density at radius 1 is 1.47 bits per heavy atom. The Morgan fingerprint density at radius 2 is 2.21 bits per heavy atom. The zero-order valence-corrected chi connectivity index (χ0v) is 13.0. The van der Waals surface area contributed by atoms with Crippen LogP contribution >= 0.6 is 23.7 Å². The number of aryl methyl sites for hydroxylation is 1.